The Morgan fingerprint density at radius 1 is 1.00 bits per heavy atom. The van der Waals surface area contributed by atoms with E-state index in [1.165, 1.54) is 9.80 Å². The predicted octanol–water partition coefficient (Wildman–Crippen LogP) is -0.155. The molecule has 1 heterocycles. The molecule has 106 valence electrons. The molecule has 0 N–H and O–H groups in total. The molecule has 0 spiro atoms. The zero-order chi connectivity index (χ0) is 14.3. The molecule has 0 aromatic rings. The summed E-state index contributed by atoms with van der Waals surface area (Å²) >= 11 is 0. The van der Waals surface area contributed by atoms with Crippen molar-refractivity contribution in [3.8, 4) is 0 Å². The first-order valence-electron chi connectivity index (χ1n) is 6.56. The topological polar surface area (TPSA) is 59.1 Å². The molecule has 6 nitrogen and oxygen atoms in total. The lowest BCUT2D eigenvalue weighted by atomic mass is 9.81. The maximum absolute atomic E-state index is 12.1. The van der Waals surface area contributed by atoms with Crippen LogP contribution in [0.3, 0.4) is 0 Å². The van der Waals surface area contributed by atoms with Gasteiger partial charge < -0.3 is 19.1 Å². The van der Waals surface area contributed by atoms with Crippen molar-refractivity contribution in [1.29, 1.82) is 0 Å². The molecule has 1 aliphatic carbocycles. The van der Waals surface area contributed by atoms with Crippen LogP contribution >= 0.6 is 0 Å². The maximum atomic E-state index is 12.1. The van der Waals surface area contributed by atoms with E-state index in [9.17, 15) is 9.59 Å². The van der Waals surface area contributed by atoms with Crippen LogP contribution in [0.1, 0.15) is 13.3 Å². The highest BCUT2D eigenvalue weighted by molar-refractivity contribution is 6.49. The highest BCUT2D eigenvalue weighted by atomic mass is 16.7. The van der Waals surface area contributed by atoms with E-state index in [-0.39, 0.29) is 11.8 Å². The van der Waals surface area contributed by atoms with Crippen molar-refractivity contribution in [3.63, 3.8) is 0 Å². The molecule has 2 amide bonds. The minimum Gasteiger partial charge on any atom is -0.396 e. The van der Waals surface area contributed by atoms with E-state index < -0.39 is 19.3 Å². The maximum Gasteiger partial charge on any atom is 0.461 e. The van der Waals surface area contributed by atoms with Gasteiger partial charge in [-0.05, 0) is 18.2 Å². The summed E-state index contributed by atoms with van der Waals surface area (Å²) in [5, 5.41) is 0. The Hall–Kier alpha value is -1.08. The van der Waals surface area contributed by atoms with Crippen LogP contribution in [0.4, 0.5) is 0 Å². The number of nitrogens with zero attached hydrogens (tertiary/aromatic N) is 2. The summed E-state index contributed by atoms with van der Waals surface area (Å²) in [5.41, 5.74) is 0. The Kier molecular flexibility index (Phi) is 3.87. The average Bonchev–Trinajstić information content (AvgIpc) is 2.92. The Bertz CT molecular complexity index is 360. The molecular formula is C12H21BN2O4. The fourth-order valence-electron chi connectivity index (χ4n) is 2.28. The molecule has 1 aliphatic heterocycles. The van der Waals surface area contributed by atoms with Crippen molar-refractivity contribution in [2.45, 2.75) is 31.4 Å². The van der Waals surface area contributed by atoms with Crippen molar-refractivity contribution < 1.29 is 18.9 Å². The molecule has 7 heteroatoms. The number of likely N-dealkylation sites (N-methyl/N-ethyl adjacent to an activating group) is 2. The van der Waals surface area contributed by atoms with E-state index in [2.05, 4.69) is 6.92 Å². The van der Waals surface area contributed by atoms with Gasteiger partial charge in [-0.1, -0.05) is 6.92 Å². The fourth-order valence-corrected chi connectivity index (χ4v) is 2.28. The minimum atomic E-state index is -0.831. The second kappa shape index (κ2) is 5.13. The molecule has 0 aromatic carbocycles. The van der Waals surface area contributed by atoms with E-state index >= 15 is 0 Å². The second-order valence-electron chi connectivity index (χ2n) is 5.82. The van der Waals surface area contributed by atoms with Crippen LogP contribution < -0.4 is 0 Å². The smallest absolute Gasteiger partial charge is 0.396 e. The van der Waals surface area contributed by atoms with Crippen molar-refractivity contribution >= 4 is 18.9 Å². The summed E-state index contributed by atoms with van der Waals surface area (Å²) in [6, 6.07) is 0. The minimum absolute atomic E-state index is 0.226. The fraction of sp³-hybridized carbons (Fsp3) is 0.833. The van der Waals surface area contributed by atoms with Crippen LogP contribution in [-0.2, 0) is 18.9 Å². The van der Waals surface area contributed by atoms with Crippen molar-refractivity contribution in [3.05, 3.63) is 0 Å². The summed E-state index contributed by atoms with van der Waals surface area (Å²) in [6.45, 7) is 2.11. The number of carbonyl (C=O) groups excluding carboxylic acids is 2. The van der Waals surface area contributed by atoms with Gasteiger partial charge in [-0.3, -0.25) is 9.59 Å². The van der Waals surface area contributed by atoms with Crippen LogP contribution in [0.25, 0.3) is 0 Å². The quantitative estimate of drug-likeness (QED) is 0.668. The van der Waals surface area contributed by atoms with E-state index in [0.717, 1.165) is 6.42 Å². The number of hydrogen-bond acceptors (Lipinski definition) is 4. The Balaban J connectivity index is 2.12. The zero-order valence-corrected chi connectivity index (χ0v) is 12.1. The number of amides is 2. The van der Waals surface area contributed by atoms with Crippen molar-refractivity contribution in [2.24, 2.45) is 5.92 Å². The SMILES string of the molecule is C[C@H]1C[C@@H]1B1OC(C(=O)N(C)C)C(C(=O)N(C)C)O1. The molecule has 2 unspecified atom stereocenters. The summed E-state index contributed by atoms with van der Waals surface area (Å²) < 4.78 is 11.4. The number of carbonyl (C=O) groups is 2. The Morgan fingerprint density at radius 3 is 1.63 bits per heavy atom. The van der Waals surface area contributed by atoms with Crippen molar-refractivity contribution in [2.75, 3.05) is 28.2 Å². The van der Waals surface area contributed by atoms with E-state index in [4.69, 9.17) is 9.31 Å². The normalized spacial score (nSPS) is 33.2. The van der Waals surface area contributed by atoms with Crippen LogP contribution in [0.5, 0.6) is 0 Å². The standard InChI is InChI=1S/C12H21BN2O4/c1-7-6-8(7)13-18-9(11(16)14(2)3)10(19-13)12(17)15(4)5/h7-10H,6H2,1-5H3/t7-,8-,9?,10?/m0/s1. The molecule has 19 heavy (non-hydrogen) atoms. The molecule has 1 saturated heterocycles. The van der Waals surface area contributed by atoms with Gasteiger partial charge in [0.1, 0.15) is 0 Å². The lowest BCUT2D eigenvalue weighted by Crippen LogP contribution is -2.47. The molecule has 0 aromatic heterocycles. The van der Waals surface area contributed by atoms with Gasteiger partial charge in [0.15, 0.2) is 12.2 Å². The highest BCUT2D eigenvalue weighted by Gasteiger charge is 2.56. The highest BCUT2D eigenvalue weighted by Crippen LogP contribution is 2.49. The third-order valence-electron chi connectivity index (χ3n) is 3.73. The number of hydrogen-bond donors (Lipinski definition) is 0. The molecule has 0 bridgehead atoms. The van der Waals surface area contributed by atoms with E-state index in [1.54, 1.807) is 28.2 Å². The molecule has 4 atom stereocenters. The lowest BCUT2D eigenvalue weighted by Gasteiger charge is -2.22. The van der Waals surface area contributed by atoms with Crippen LogP contribution in [0.15, 0.2) is 0 Å². The monoisotopic (exact) mass is 268 g/mol. The first-order valence-corrected chi connectivity index (χ1v) is 6.56. The first kappa shape index (κ1) is 14.3. The summed E-state index contributed by atoms with van der Waals surface area (Å²) in [5.74, 6) is 0.387. The zero-order valence-electron chi connectivity index (χ0n) is 12.1. The first-order chi connectivity index (χ1) is 8.82. The summed E-state index contributed by atoms with van der Waals surface area (Å²) in [4.78, 5) is 27.1. The van der Waals surface area contributed by atoms with Crippen LogP contribution in [-0.4, -0.2) is 69.1 Å². The van der Waals surface area contributed by atoms with Gasteiger partial charge in [-0.15, -0.1) is 0 Å². The molecule has 2 aliphatic rings. The van der Waals surface area contributed by atoms with Gasteiger partial charge in [0.05, 0.1) is 0 Å². The van der Waals surface area contributed by atoms with Gasteiger partial charge >= 0.3 is 7.12 Å². The van der Waals surface area contributed by atoms with Gasteiger partial charge in [0, 0.05) is 28.2 Å². The van der Waals surface area contributed by atoms with Gasteiger partial charge in [-0.25, -0.2) is 0 Å². The Morgan fingerprint density at radius 2 is 1.37 bits per heavy atom. The van der Waals surface area contributed by atoms with Crippen LogP contribution in [0, 0.1) is 5.92 Å². The molecule has 0 radical (unpaired) electrons. The van der Waals surface area contributed by atoms with Crippen LogP contribution in [0.2, 0.25) is 5.82 Å². The molecule has 2 rings (SSSR count). The third-order valence-corrected chi connectivity index (χ3v) is 3.73. The predicted molar refractivity (Wildman–Crippen MR) is 70.4 cm³/mol. The Labute approximate surface area is 114 Å². The van der Waals surface area contributed by atoms with Gasteiger partial charge in [0.25, 0.3) is 11.8 Å². The van der Waals surface area contributed by atoms with E-state index in [0.29, 0.717) is 11.7 Å². The second-order valence-corrected chi connectivity index (χ2v) is 5.82. The molecule has 1 saturated carbocycles. The lowest BCUT2D eigenvalue weighted by molar-refractivity contribution is -0.146. The third kappa shape index (κ3) is 2.77. The molecule has 2 fully saturated rings. The van der Waals surface area contributed by atoms with Gasteiger partial charge in [0.2, 0.25) is 0 Å². The van der Waals surface area contributed by atoms with Gasteiger partial charge in [-0.2, -0.15) is 0 Å². The average molecular weight is 268 g/mol. The molecular weight excluding hydrogens is 247 g/mol. The summed E-state index contributed by atoms with van der Waals surface area (Å²) in [7, 11) is 6.16. The number of rotatable bonds is 3. The van der Waals surface area contributed by atoms with E-state index in [1.807, 2.05) is 0 Å². The summed E-state index contributed by atoms with van der Waals surface area (Å²) in [6.07, 6.45) is -0.637. The van der Waals surface area contributed by atoms with Crippen molar-refractivity contribution in [1.82, 2.24) is 9.80 Å². The largest absolute Gasteiger partial charge is 0.461 e.